The van der Waals surface area contributed by atoms with E-state index in [1.54, 1.807) is 0 Å². The summed E-state index contributed by atoms with van der Waals surface area (Å²) >= 11 is 0. The average molecular weight is 245 g/mol. The van der Waals surface area contributed by atoms with Gasteiger partial charge in [-0.15, -0.1) is 0 Å². The molecule has 0 aliphatic carbocycles. The second-order valence-corrected chi connectivity index (χ2v) is 5.37. The van der Waals surface area contributed by atoms with E-state index < -0.39 is 0 Å². The Balaban J connectivity index is 1.74. The van der Waals surface area contributed by atoms with Gasteiger partial charge in [-0.3, -0.25) is 4.90 Å². The minimum atomic E-state index is 0.232. The number of nitrogens with zero attached hydrogens (tertiary/aromatic N) is 1. The number of benzene rings is 1. The first-order chi connectivity index (χ1) is 8.86. The van der Waals surface area contributed by atoms with Crippen molar-refractivity contribution in [2.75, 3.05) is 13.2 Å². The number of morpholine rings is 1. The van der Waals surface area contributed by atoms with Gasteiger partial charge in [0.25, 0.3) is 0 Å². The van der Waals surface area contributed by atoms with Crippen LogP contribution in [0.3, 0.4) is 0 Å². The fraction of sp³-hybridized carbons (Fsp3) is 0.533. The summed E-state index contributed by atoms with van der Waals surface area (Å²) in [4.78, 5) is 13.5. The molecule has 3 rings (SSSR count). The predicted molar refractivity (Wildman–Crippen MR) is 69.2 cm³/mol. The molecule has 0 N–H and O–H groups in total. The third-order valence-corrected chi connectivity index (χ3v) is 4.11. The Kier molecular flexibility index (Phi) is 3.43. The standard InChI is InChI=1S/C15H19NO2/c17-9-13-6-14-10-18-11-15(7-13)16(14)8-12-4-2-1-3-5-12/h1-5,9,13-15H,6-8,10-11H2. The SMILES string of the molecule is O=CC1CC2COCC(C1)N2Cc1ccccc1. The molecular weight excluding hydrogens is 226 g/mol. The lowest BCUT2D eigenvalue weighted by atomic mass is 9.85. The molecule has 1 aromatic carbocycles. The Hall–Kier alpha value is -1.19. The molecule has 3 heteroatoms. The largest absolute Gasteiger partial charge is 0.378 e. The molecule has 0 aromatic heterocycles. The minimum absolute atomic E-state index is 0.232. The molecule has 2 fully saturated rings. The molecule has 0 saturated carbocycles. The summed E-state index contributed by atoms with van der Waals surface area (Å²) in [6, 6.07) is 11.4. The summed E-state index contributed by atoms with van der Waals surface area (Å²) in [5.74, 6) is 0.232. The number of ether oxygens (including phenoxy) is 1. The maximum atomic E-state index is 11.0. The smallest absolute Gasteiger partial charge is 0.123 e. The molecule has 0 radical (unpaired) electrons. The summed E-state index contributed by atoms with van der Waals surface area (Å²) < 4.78 is 5.64. The van der Waals surface area contributed by atoms with Crippen LogP contribution in [-0.2, 0) is 16.1 Å². The van der Waals surface area contributed by atoms with Crippen molar-refractivity contribution in [2.45, 2.75) is 31.5 Å². The molecule has 0 amide bonds. The van der Waals surface area contributed by atoms with Crippen molar-refractivity contribution in [1.82, 2.24) is 4.90 Å². The van der Waals surface area contributed by atoms with E-state index in [2.05, 4.69) is 29.2 Å². The summed E-state index contributed by atoms with van der Waals surface area (Å²) in [5.41, 5.74) is 1.35. The Morgan fingerprint density at radius 1 is 1.17 bits per heavy atom. The van der Waals surface area contributed by atoms with E-state index in [-0.39, 0.29) is 5.92 Å². The third-order valence-electron chi connectivity index (χ3n) is 4.11. The first-order valence-corrected chi connectivity index (χ1v) is 6.69. The van der Waals surface area contributed by atoms with E-state index in [9.17, 15) is 4.79 Å². The van der Waals surface area contributed by atoms with Crippen LogP contribution < -0.4 is 0 Å². The number of piperidine rings is 1. The number of fused-ring (bicyclic) bond motifs is 2. The topological polar surface area (TPSA) is 29.5 Å². The van der Waals surface area contributed by atoms with Gasteiger partial charge in [0.2, 0.25) is 0 Å². The van der Waals surface area contributed by atoms with Gasteiger partial charge >= 0.3 is 0 Å². The molecular formula is C15H19NO2. The van der Waals surface area contributed by atoms with E-state index in [1.807, 2.05) is 6.07 Å². The zero-order valence-electron chi connectivity index (χ0n) is 10.5. The first kappa shape index (κ1) is 11.9. The highest BCUT2D eigenvalue weighted by Gasteiger charge is 2.38. The highest BCUT2D eigenvalue weighted by Crippen LogP contribution is 2.31. The van der Waals surface area contributed by atoms with Gasteiger partial charge in [-0.2, -0.15) is 0 Å². The van der Waals surface area contributed by atoms with Crippen LogP contribution in [0.1, 0.15) is 18.4 Å². The Morgan fingerprint density at radius 3 is 2.44 bits per heavy atom. The minimum Gasteiger partial charge on any atom is -0.378 e. The van der Waals surface area contributed by atoms with Crippen molar-refractivity contribution in [1.29, 1.82) is 0 Å². The summed E-state index contributed by atoms with van der Waals surface area (Å²) in [7, 11) is 0. The highest BCUT2D eigenvalue weighted by atomic mass is 16.5. The molecule has 2 atom stereocenters. The van der Waals surface area contributed by atoms with Gasteiger partial charge < -0.3 is 9.53 Å². The van der Waals surface area contributed by atoms with Gasteiger partial charge in [0, 0.05) is 24.5 Å². The lowest BCUT2D eigenvalue weighted by Crippen LogP contribution is -2.56. The van der Waals surface area contributed by atoms with Gasteiger partial charge in [-0.05, 0) is 18.4 Å². The number of aldehydes is 1. The fourth-order valence-corrected chi connectivity index (χ4v) is 3.20. The van der Waals surface area contributed by atoms with E-state index in [0.29, 0.717) is 12.1 Å². The van der Waals surface area contributed by atoms with Gasteiger partial charge in [0.15, 0.2) is 0 Å². The van der Waals surface area contributed by atoms with Crippen LogP contribution in [-0.4, -0.2) is 36.5 Å². The van der Waals surface area contributed by atoms with E-state index in [4.69, 9.17) is 4.74 Å². The molecule has 96 valence electrons. The van der Waals surface area contributed by atoms with Crippen LogP contribution in [0.2, 0.25) is 0 Å². The molecule has 2 heterocycles. The third kappa shape index (κ3) is 2.33. The molecule has 2 bridgehead atoms. The second kappa shape index (κ2) is 5.21. The normalized spacial score (nSPS) is 32.1. The van der Waals surface area contributed by atoms with Crippen molar-refractivity contribution in [3.05, 3.63) is 35.9 Å². The quantitative estimate of drug-likeness (QED) is 0.761. The number of hydrogen-bond acceptors (Lipinski definition) is 3. The summed E-state index contributed by atoms with van der Waals surface area (Å²) in [6.45, 7) is 2.52. The van der Waals surface area contributed by atoms with E-state index in [1.165, 1.54) is 5.56 Å². The molecule has 3 nitrogen and oxygen atoms in total. The lowest BCUT2D eigenvalue weighted by Gasteiger charge is -2.47. The molecule has 2 unspecified atom stereocenters. The highest BCUT2D eigenvalue weighted by molar-refractivity contribution is 5.54. The predicted octanol–water partition coefficient (Wildman–Crippen LogP) is 1.86. The van der Waals surface area contributed by atoms with Crippen LogP contribution in [0.25, 0.3) is 0 Å². The van der Waals surface area contributed by atoms with Crippen molar-refractivity contribution >= 4 is 6.29 Å². The molecule has 2 aliphatic rings. The van der Waals surface area contributed by atoms with Crippen molar-refractivity contribution < 1.29 is 9.53 Å². The van der Waals surface area contributed by atoms with Gasteiger partial charge in [-0.1, -0.05) is 30.3 Å². The van der Waals surface area contributed by atoms with Gasteiger partial charge in [-0.25, -0.2) is 0 Å². The summed E-state index contributed by atoms with van der Waals surface area (Å²) in [6.07, 6.45) is 3.03. The zero-order chi connectivity index (χ0) is 12.4. The monoisotopic (exact) mass is 245 g/mol. The van der Waals surface area contributed by atoms with E-state index >= 15 is 0 Å². The number of carbonyl (C=O) groups is 1. The number of hydrogen-bond donors (Lipinski definition) is 0. The first-order valence-electron chi connectivity index (χ1n) is 6.69. The summed E-state index contributed by atoms with van der Waals surface area (Å²) in [5, 5.41) is 0. The number of rotatable bonds is 3. The van der Waals surface area contributed by atoms with Gasteiger partial charge in [0.05, 0.1) is 13.2 Å². The molecule has 1 aromatic rings. The zero-order valence-corrected chi connectivity index (χ0v) is 10.5. The van der Waals surface area contributed by atoms with Crippen molar-refractivity contribution in [3.63, 3.8) is 0 Å². The lowest BCUT2D eigenvalue weighted by molar-refractivity contribution is -0.122. The molecule has 2 aliphatic heterocycles. The van der Waals surface area contributed by atoms with Crippen LogP contribution in [0.4, 0.5) is 0 Å². The van der Waals surface area contributed by atoms with Crippen LogP contribution in [0.5, 0.6) is 0 Å². The van der Waals surface area contributed by atoms with Crippen molar-refractivity contribution in [3.8, 4) is 0 Å². The molecule has 0 spiro atoms. The van der Waals surface area contributed by atoms with Crippen molar-refractivity contribution in [2.24, 2.45) is 5.92 Å². The molecule has 18 heavy (non-hydrogen) atoms. The average Bonchev–Trinajstić information content (AvgIpc) is 2.39. The maximum absolute atomic E-state index is 11.0. The van der Waals surface area contributed by atoms with Crippen LogP contribution >= 0.6 is 0 Å². The Morgan fingerprint density at radius 2 is 1.83 bits per heavy atom. The Labute approximate surface area is 108 Å². The van der Waals surface area contributed by atoms with Crippen LogP contribution in [0, 0.1) is 5.92 Å². The fourth-order valence-electron chi connectivity index (χ4n) is 3.20. The van der Waals surface area contributed by atoms with Gasteiger partial charge in [0.1, 0.15) is 6.29 Å². The Bertz CT molecular complexity index is 392. The second-order valence-electron chi connectivity index (χ2n) is 5.37. The van der Waals surface area contributed by atoms with Crippen LogP contribution in [0.15, 0.2) is 30.3 Å². The molecule has 2 saturated heterocycles. The maximum Gasteiger partial charge on any atom is 0.123 e. The number of carbonyl (C=O) groups excluding carboxylic acids is 1. The van der Waals surface area contributed by atoms with E-state index in [0.717, 1.165) is 38.9 Å².